The van der Waals surface area contributed by atoms with E-state index < -0.39 is 17.7 Å². The number of amides is 2. The second-order valence-corrected chi connectivity index (χ2v) is 9.89. The number of aliphatic carboxylic acids is 1. The maximum atomic E-state index is 14.5. The summed E-state index contributed by atoms with van der Waals surface area (Å²) < 4.78 is 26.0. The SMILES string of the molecule is O=C(NCCNC(=O)c1ccc(O[C@H]2CC[C@@H](C(=O)O)CC2)cc1F)c1ccc(OCC2CC2)c(Cl)c1. The van der Waals surface area contributed by atoms with Crippen LogP contribution in [0, 0.1) is 17.7 Å². The highest BCUT2D eigenvalue weighted by Crippen LogP contribution is 2.32. The van der Waals surface area contributed by atoms with Crippen LogP contribution in [0.3, 0.4) is 0 Å². The van der Waals surface area contributed by atoms with Crippen LogP contribution >= 0.6 is 11.6 Å². The molecule has 0 atom stereocenters. The Labute approximate surface area is 219 Å². The van der Waals surface area contributed by atoms with E-state index in [1.54, 1.807) is 12.1 Å². The number of nitrogens with one attached hydrogen (secondary N) is 2. The molecule has 2 saturated carbocycles. The molecule has 0 heterocycles. The molecule has 2 aliphatic rings. The lowest BCUT2D eigenvalue weighted by atomic mass is 9.87. The van der Waals surface area contributed by atoms with E-state index in [1.807, 2.05) is 0 Å². The molecule has 0 unspecified atom stereocenters. The van der Waals surface area contributed by atoms with Gasteiger partial charge in [0.25, 0.3) is 11.8 Å². The number of carbonyl (C=O) groups excluding carboxylic acids is 2. The summed E-state index contributed by atoms with van der Waals surface area (Å²) in [7, 11) is 0. The Bertz CT molecular complexity index is 1150. The van der Waals surface area contributed by atoms with Crippen LogP contribution in [-0.2, 0) is 4.79 Å². The zero-order valence-corrected chi connectivity index (χ0v) is 21.1. The molecule has 0 bridgehead atoms. The number of ether oxygens (including phenoxy) is 2. The third-order valence-electron chi connectivity index (χ3n) is 6.57. The van der Waals surface area contributed by atoms with Gasteiger partial charge in [-0.15, -0.1) is 0 Å². The number of hydrogen-bond acceptors (Lipinski definition) is 5. The van der Waals surface area contributed by atoms with E-state index in [4.69, 9.17) is 26.2 Å². The summed E-state index contributed by atoms with van der Waals surface area (Å²) in [6.45, 7) is 0.867. The molecule has 2 aliphatic carbocycles. The number of carbonyl (C=O) groups is 3. The topological polar surface area (TPSA) is 114 Å². The lowest BCUT2D eigenvalue weighted by molar-refractivity contribution is -0.143. The molecule has 8 nitrogen and oxygen atoms in total. The Morgan fingerprint density at radius 3 is 2.27 bits per heavy atom. The van der Waals surface area contributed by atoms with Crippen LogP contribution in [0.15, 0.2) is 36.4 Å². The van der Waals surface area contributed by atoms with Gasteiger partial charge in [-0.25, -0.2) is 4.39 Å². The van der Waals surface area contributed by atoms with E-state index in [-0.39, 0.29) is 36.6 Å². The Morgan fingerprint density at radius 1 is 0.946 bits per heavy atom. The first-order valence-corrected chi connectivity index (χ1v) is 12.9. The molecule has 2 aromatic carbocycles. The van der Waals surface area contributed by atoms with Crippen molar-refractivity contribution in [2.75, 3.05) is 19.7 Å². The van der Waals surface area contributed by atoms with Gasteiger partial charge in [0.05, 0.1) is 29.2 Å². The summed E-state index contributed by atoms with van der Waals surface area (Å²) in [6.07, 6.45) is 4.35. The van der Waals surface area contributed by atoms with E-state index in [0.29, 0.717) is 60.3 Å². The minimum absolute atomic E-state index is 0.103. The number of carboxylic acids is 1. The van der Waals surface area contributed by atoms with E-state index in [0.717, 1.165) is 6.07 Å². The third kappa shape index (κ3) is 7.58. The van der Waals surface area contributed by atoms with Crippen LogP contribution in [0.1, 0.15) is 59.2 Å². The molecular formula is C27H30ClFN2O6. The summed E-state index contributed by atoms with van der Waals surface area (Å²) in [5.74, 6) is -1.42. The molecule has 0 aliphatic heterocycles. The highest BCUT2D eigenvalue weighted by molar-refractivity contribution is 6.32. The number of carboxylic acid groups (broad SMARTS) is 1. The first kappa shape index (κ1) is 26.7. The summed E-state index contributed by atoms with van der Waals surface area (Å²) in [5.41, 5.74) is 0.231. The summed E-state index contributed by atoms with van der Waals surface area (Å²) in [6, 6.07) is 8.84. The van der Waals surface area contributed by atoms with Gasteiger partial charge in [0, 0.05) is 24.7 Å². The predicted molar refractivity (Wildman–Crippen MR) is 135 cm³/mol. The lowest BCUT2D eigenvalue weighted by Gasteiger charge is -2.26. The van der Waals surface area contributed by atoms with Crippen molar-refractivity contribution < 1.29 is 33.4 Å². The summed E-state index contributed by atoms with van der Waals surface area (Å²) in [4.78, 5) is 35.8. The largest absolute Gasteiger partial charge is 0.492 e. The van der Waals surface area contributed by atoms with Crippen LogP contribution in [0.4, 0.5) is 4.39 Å². The van der Waals surface area contributed by atoms with Gasteiger partial charge in [-0.1, -0.05) is 11.6 Å². The zero-order valence-electron chi connectivity index (χ0n) is 20.3. The van der Waals surface area contributed by atoms with Crippen molar-refractivity contribution in [3.63, 3.8) is 0 Å². The van der Waals surface area contributed by atoms with Gasteiger partial charge in [-0.05, 0) is 74.8 Å². The molecule has 0 aromatic heterocycles. The van der Waals surface area contributed by atoms with Gasteiger partial charge >= 0.3 is 5.97 Å². The highest BCUT2D eigenvalue weighted by atomic mass is 35.5. The molecule has 10 heteroatoms. The van der Waals surface area contributed by atoms with E-state index in [9.17, 15) is 18.8 Å². The van der Waals surface area contributed by atoms with Crippen molar-refractivity contribution in [3.05, 3.63) is 58.4 Å². The number of benzene rings is 2. The first-order valence-electron chi connectivity index (χ1n) is 12.5. The molecule has 0 radical (unpaired) electrons. The van der Waals surface area contributed by atoms with Crippen LogP contribution in [0.2, 0.25) is 5.02 Å². The van der Waals surface area contributed by atoms with Crippen LogP contribution < -0.4 is 20.1 Å². The van der Waals surface area contributed by atoms with E-state index >= 15 is 0 Å². The van der Waals surface area contributed by atoms with Crippen molar-refractivity contribution in [1.29, 1.82) is 0 Å². The maximum Gasteiger partial charge on any atom is 0.306 e. The summed E-state index contributed by atoms with van der Waals surface area (Å²) >= 11 is 6.22. The van der Waals surface area contributed by atoms with Crippen molar-refractivity contribution in [1.82, 2.24) is 10.6 Å². The van der Waals surface area contributed by atoms with Crippen LogP contribution in [-0.4, -0.2) is 48.7 Å². The highest BCUT2D eigenvalue weighted by Gasteiger charge is 2.27. The van der Waals surface area contributed by atoms with Crippen molar-refractivity contribution in [2.45, 2.75) is 44.6 Å². The number of rotatable bonds is 11. The molecule has 2 amide bonds. The zero-order chi connectivity index (χ0) is 26.4. The average molecular weight is 533 g/mol. The lowest BCUT2D eigenvalue weighted by Crippen LogP contribution is -2.35. The van der Waals surface area contributed by atoms with Gasteiger partial charge < -0.3 is 25.2 Å². The fraction of sp³-hybridized carbons (Fsp3) is 0.444. The van der Waals surface area contributed by atoms with Crippen LogP contribution in [0.25, 0.3) is 0 Å². The van der Waals surface area contributed by atoms with Gasteiger partial charge in [0.2, 0.25) is 0 Å². The second kappa shape index (κ2) is 12.3. The molecule has 2 fully saturated rings. The third-order valence-corrected chi connectivity index (χ3v) is 6.87. The van der Waals surface area contributed by atoms with Crippen LogP contribution in [0.5, 0.6) is 11.5 Å². The van der Waals surface area contributed by atoms with Crippen molar-refractivity contribution in [2.24, 2.45) is 11.8 Å². The van der Waals surface area contributed by atoms with Gasteiger partial charge in [-0.3, -0.25) is 14.4 Å². The molecule has 0 spiro atoms. The van der Waals surface area contributed by atoms with Gasteiger partial charge in [0.1, 0.15) is 17.3 Å². The molecule has 37 heavy (non-hydrogen) atoms. The Balaban J connectivity index is 1.19. The average Bonchev–Trinajstić information content (AvgIpc) is 3.70. The standard InChI is InChI=1S/C27H30ClFN2O6/c28-22-13-18(5-10-24(22)36-15-16-1-2-16)25(32)30-11-12-31-26(33)21-9-8-20(14-23(21)29)37-19-6-3-17(4-7-19)27(34)35/h5,8-10,13-14,16-17,19H,1-4,6-7,11-12,15H2,(H,30,32)(H,31,33)(H,34,35)/t17-,19+. The monoisotopic (exact) mass is 532 g/mol. The minimum atomic E-state index is -0.799. The molecule has 0 saturated heterocycles. The Hall–Kier alpha value is -3.33. The second-order valence-electron chi connectivity index (χ2n) is 9.48. The van der Waals surface area contributed by atoms with Crippen molar-refractivity contribution >= 4 is 29.4 Å². The smallest absolute Gasteiger partial charge is 0.306 e. The predicted octanol–water partition coefficient (Wildman–Crippen LogP) is 4.45. The molecular weight excluding hydrogens is 503 g/mol. The normalized spacial score (nSPS) is 19.1. The van der Waals surface area contributed by atoms with E-state index in [2.05, 4.69) is 10.6 Å². The Kier molecular flexibility index (Phi) is 8.87. The fourth-order valence-electron chi connectivity index (χ4n) is 4.17. The molecule has 198 valence electrons. The number of hydrogen-bond donors (Lipinski definition) is 3. The molecule has 4 rings (SSSR count). The van der Waals surface area contributed by atoms with Gasteiger partial charge in [0.15, 0.2) is 0 Å². The summed E-state index contributed by atoms with van der Waals surface area (Å²) in [5, 5.41) is 14.7. The first-order chi connectivity index (χ1) is 17.8. The minimum Gasteiger partial charge on any atom is -0.492 e. The number of halogens is 2. The Morgan fingerprint density at radius 2 is 1.65 bits per heavy atom. The molecule has 3 N–H and O–H groups in total. The van der Waals surface area contributed by atoms with Gasteiger partial charge in [-0.2, -0.15) is 0 Å². The fourth-order valence-corrected chi connectivity index (χ4v) is 4.41. The molecule has 2 aromatic rings. The maximum absolute atomic E-state index is 14.5. The quantitative estimate of drug-likeness (QED) is 0.368. The van der Waals surface area contributed by atoms with Crippen molar-refractivity contribution in [3.8, 4) is 11.5 Å². The van der Waals surface area contributed by atoms with E-state index in [1.165, 1.54) is 31.0 Å².